The Labute approximate surface area is 117 Å². The lowest BCUT2D eigenvalue weighted by atomic mass is 9.76. The minimum Gasteiger partial charge on any atom is -0.481 e. The van der Waals surface area contributed by atoms with Gasteiger partial charge in [-0.1, -0.05) is 42.1 Å². The van der Waals surface area contributed by atoms with Crippen LogP contribution in [0.25, 0.3) is 0 Å². The summed E-state index contributed by atoms with van der Waals surface area (Å²) in [6.07, 6.45) is 4.47. The third-order valence-electron chi connectivity index (χ3n) is 3.75. The second kappa shape index (κ2) is 5.94. The van der Waals surface area contributed by atoms with Gasteiger partial charge < -0.3 is 5.11 Å². The first-order valence-corrected chi connectivity index (χ1v) is 7.01. The molecule has 2 atom stereocenters. The Hall–Kier alpha value is -0.730. The van der Waals surface area contributed by atoms with Crippen molar-refractivity contribution in [3.05, 3.63) is 33.8 Å². The molecular weight excluding hydrogens is 271 g/mol. The van der Waals surface area contributed by atoms with Gasteiger partial charge in [-0.15, -0.1) is 0 Å². The molecule has 2 unspecified atom stereocenters. The molecule has 0 bridgehead atoms. The van der Waals surface area contributed by atoms with Gasteiger partial charge in [0.1, 0.15) is 0 Å². The molecule has 1 aliphatic carbocycles. The minimum absolute atomic E-state index is 0.147. The van der Waals surface area contributed by atoms with Gasteiger partial charge in [0.2, 0.25) is 0 Å². The van der Waals surface area contributed by atoms with Crippen LogP contribution in [-0.2, 0) is 11.2 Å². The number of aliphatic carboxylic acids is 1. The van der Waals surface area contributed by atoms with Gasteiger partial charge in [0.25, 0.3) is 0 Å². The molecule has 2 rings (SSSR count). The number of hydrogen-bond donors (Lipinski definition) is 1. The standard InChI is InChI=1S/C14H16Cl2O2/c15-12-6-3-7-13(16)11(12)8-9-4-1-2-5-10(9)14(17)18/h3,6-7,9-10H,1-2,4-5,8H2,(H,17,18). The molecule has 1 aromatic carbocycles. The fourth-order valence-corrected chi connectivity index (χ4v) is 3.32. The van der Waals surface area contributed by atoms with E-state index in [2.05, 4.69) is 0 Å². The van der Waals surface area contributed by atoms with Crippen molar-refractivity contribution in [1.29, 1.82) is 0 Å². The molecule has 0 aromatic heterocycles. The van der Waals surface area contributed by atoms with Gasteiger partial charge in [-0.25, -0.2) is 0 Å². The van der Waals surface area contributed by atoms with Crippen molar-refractivity contribution in [1.82, 2.24) is 0 Å². The molecule has 4 heteroatoms. The lowest BCUT2D eigenvalue weighted by molar-refractivity contribution is -0.144. The number of carboxylic acid groups (broad SMARTS) is 1. The second-order valence-electron chi connectivity index (χ2n) is 4.89. The number of hydrogen-bond acceptors (Lipinski definition) is 1. The van der Waals surface area contributed by atoms with Crippen molar-refractivity contribution in [3.63, 3.8) is 0 Å². The summed E-state index contributed by atoms with van der Waals surface area (Å²) in [4.78, 5) is 11.3. The monoisotopic (exact) mass is 286 g/mol. The molecule has 1 saturated carbocycles. The van der Waals surface area contributed by atoms with E-state index in [0.717, 1.165) is 31.2 Å². The summed E-state index contributed by atoms with van der Waals surface area (Å²) in [6, 6.07) is 5.42. The van der Waals surface area contributed by atoms with Crippen LogP contribution in [0.15, 0.2) is 18.2 Å². The molecule has 1 fully saturated rings. The van der Waals surface area contributed by atoms with Gasteiger partial charge in [0.05, 0.1) is 5.92 Å². The van der Waals surface area contributed by atoms with Crippen LogP contribution >= 0.6 is 23.2 Å². The maximum absolute atomic E-state index is 11.3. The molecule has 1 aliphatic rings. The second-order valence-corrected chi connectivity index (χ2v) is 5.71. The maximum Gasteiger partial charge on any atom is 0.306 e. The lowest BCUT2D eigenvalue weighted by Crippen LogP contribution is -2.28. The van der Waals surface area contributed by atoms with E-state index < -0.39 is 5.97 Å². The molecule has 0 aliphatic heterocycles. The Morgan fingerprint density at radius 3 is 2.44 bits per heavy atom. The van der Waals surface area contributed by atoms with Crippen LogP contribution in [0.3, 0.4) is 0 Å². The molecule has 98 valence electrons. The van der Waals surface area contributed by atoms with Crippen LogP contribution in [-0.4, -0.2) is 11.1 Å². The number of rotatable bonds is 3. The Kier molecular flexibility index (Phi) is 4.52. The Bertz CT molecular complexity index is 425. The molecule has 1 N–H and O–H groups in total. The highest BCUT2D eigenvalue weighted by Crippen LogP contribution is 2.36. The summed E-state index contributed by atoms with van der Waals surface area (Å²) in [5, 5.41) is 10.5. The van der Waals surface area contributed by atoms with Crippen molar-refractivity contribution in [2.45, 2.75) is 32.1 Å². The molecule has 2 nitrogen and oxygen atoms in total. The maximum atomic E-state index is 11.3. The van der Waals surface area contributed by atoms with E-state index in [1.807, 2.05) is 6.07 Å². The first kappa shape index (κ1) is 13.7. The average molecular weight is 287 g/mol. The number of benzene rings is 1. The van der Waals surface area contributed by atoms with Crippen LogP contribution in [0.2, 0.25) is 10.0 Å². The molecule has 0 spiro atoms. The zero-order chi connectivity index (χ0) is 13.1. The van der Waals surface area contributed by atoms with Gasteiger partial charge in [-0.05, 0) is 42.9 Å². The largest absolute Gasteiger partial charge is 0.481 e. The topological polar surface area (TPSA) is 37.3 Å². The normalized spacial score (nSPS) is 23.9. The average Bonchev–Trinajstić information content (AvgIpc) is 2.34. The van der Waals surface area contributed by atoms with Gasteiger partial charge in [-0.2, -0.15) is 0 Å². The van der Waals surface area contributed by atoms with E-state index >= 15 is 0 Å². The first-order valence-electron chi connectivity index (χ1n) is 6.25. The molecule has 1 aromatic rings. The minimum atomic E-state index is -0.692. The van der Waals surface area contributed by atoms with Gasteiger partial charge >= 0.3 is 5.97 Å². The predicted octanol–water partition coefficient (Wildman–Crippen LogP) is 4.43. The first-order chi connectivity index (χ1) is 8.59. The summed E-state index contributed by atoms with van der Waals surface area (Å²) >= 11 is 12.3. The van der Waals surface area contributed by atoms with Crippen molar-refractivity contribution in [2.75, 3.05) is 0 Å². The molecule has 0 radical (unpaired) electrons. The Balaban J connectivity index is 2.18. The van der Waals surface area contributed by atoms with Crippen molar-refractivity contribution in [3.8, 4) is 0 Å². The lowest BCUT2D eigenvalue weighted by Gasteiger charge is -2.29. The van der Waals surface area contributed by atoms with E-state index in [4.69, 9.17) is 23.2 Å². The molecule has 18 heavy (non-hydrogen) atoms. The fourth-order valence-electron chi connectivity index (χ4n) is 2.77. The zero-order valence-electron chi connectivity index (χ0n) is 10.0. The molecule has 0 heterocycles. The van der Waals surface area contributed by atoms with E-state index in [1.54, 1.807) is 12.1 Å². The molecular formula is C14H16Cl2O2. The predicted molar refractivity (Wildman–Crippen MR) is 73.2 cm³/mol. The Morgan fingerprint density at radius 1 is 1.22 bits per heavy atom. The third-order valence-corrected chi connectivity index (χ3v) is 4.46. The summed E-state index contributed by atoms with van der Waals surface area (Å²) in [6.45, 7) is 0. The van der Waals surface area contributed by atoms with E-state index in [1.165, 1.54) is 0 Å². The SMILES string of the molecule is O=C(O)C1CCCCC1Cc1c(Cl)cccc1Cl. The van der Waals surface area contributed by atoms with E-state index in [-0.39, 0.29) is 11.8 Å². The van der Waals surface area contributed by atoms with Gasteiger partial charge in [0.15, 0.2) is 0 Å². The highest BCUT2D eigenvalue weighted by Gasteiger charge is 2.31. The number of carbonyl (C=O) groups is 1. The summed E-state index contributed by atoms with van der Waals surface area (Å²) in [7, 11) is 0. The van der Waals surface area contributed by atoms with Crippen molar-refractivity contribution in [2.24, 2.45) is 11.8 Å². The van der Waals surface area contributed by atoms with Gasteiger partial charge in [-0.3, -0.25) is 4.79 Å². The van der Waals surface area contributed by atoms with Crippen LogP contribution in [0.4, 0.5) is 0 Å². The van der Waals surface area contributed by atoms with Gasteiger partial charge in [0, 0.05) is 10.0 Å². The third kappa shape index (κ3) is 2.99. The van der Waals surface area contributed by atoms with Crippen LogP contribution in [0, 0.1) is 11.8 Å². The Morgan fingerprint density at radius 2 is 1.83 bits per heavy atom. The number of carboxylic acids is 1. The fraction of sp³-hybridized carbons (Fsp3) is 0.500. The van der Waals surface area contributed by atoms with Crippen LogP contribution in [0.1, 0.15) is 31.2 Å². The van der Waals surface area contributed by atoms with E-state index in [0.29, 0.717) is 16.5 Å². The highest BCUT2D eigenvalue weighted by atomic mass is 35.5. The number of halogens is 2. The summed E-state index contributed by atoms with van der Waals surface area (Å²) in [5.74, 6) is -0.803. The quantitative estimate of drug-likeness (QED) is 0.893. The molecule has 0 saturated heterocycles. The van der Waals surface area contributed by atoms with Crippen LogP contribution < -0.4 is 0 Å². The summed E-state index contributed by atoms with van der Waals surface area (Å²) in [5.41, 5.74) is 0.888. The molecule has 0 amide bonds. The van der Waals surface area contributed by atoms with Crippen molar-refractivity contribution >= 4 is 29.2 Å². The summed E-state index contributed by atoms with van der Waals surface area (Å²) < 4.78 is 0. The van der Waals surface area contributed by atoms with Crippen molar-refractivity contribution < 1.29 is 9.90 Å². The van der Waals surface area contributed by atoms with Crippen LogP contribution in [0.5, 0.6) is 0 Å². The highest BCUT2D eigenvalue weighted by molar-refractivity contribution is 6.35. The van der Waals surface area contributed by atoms with E-state index in [9.17, 15) is 9.90 Å². The smallest absolute Gasteiger partial charge is 0.306 e. The zero-order valence-corrected chi connectivity index (χ0v) is 11.5.